The van der Waals surface area contributed by atoms with Gasteiger partial charge in [0.1, 0.15) is 17.6 Å². The second-order valence-corrected chi connectivity index (χ2v) is 6.46. The Morgan fingerprint density at radius 1 is 1.17 bits per heavy atom. The van der Waals surface area contributed by atoms with E-state index in [0.717, 1.165) is 12.3 Å². The zero-order valence-electron chi connectivity index (χ0n) is 15.9. The number of halogens is 3. The molecule has 1 aromatic carbocycles. The number of methoxy groups -OCH3 is 2. The van der Waals surface area contributed by atoms with Crippen LogP contribution in [0.15, 0.2) is 30.5 Å². The molecule has 0 saturated carbocycles. The van der Waals surface area contributed by atoms with Gasteiger partial charge in [-0.1, -0.05) is 0 Å². The Labute approximate surface area is 165 Å². The number of carbonyl (C=O) groups is 1. The lowest BCUT2D eigenvalue weighted by molar-refractivity contribution is -0.141. The van der Waals surface area contributed by atoms with Crippen molar-refractivity contribution in [3.05, 3.63) is 41.7 Å². The molecule has 1 atom stereocenters. The average Bonchev–Trinajstić information content (AvgIpc) is 2.72. The number of hydrogen-bond donors (Lipinski definition) is 0. The summed E-state index contributed by atoms with van der Waals surface area (Å²) >= 11 is 0. The fraction of sp³-hybridized carbons (Fsp3) is 0.421. The maximum atomic E-state index is 12.9. The van der Waals surface area contributed by atoms with Gasteiger partial charge in [0.15, 0.2) is 5.69 Å². The summed E-state index contributed by atoms with van der Waals surface area (Å²) in [5.74, 6) is 0.713. The van der Waals surface area contributed by atoms with Crippen molar-refractivity contribution in [2.75, 3.05) is 27.3 Å². The molecule has 0 N–H and O–H groups in total. The summed E-state index contributed by atoms with van der Waals surface area (Å²) in [7, 11) is 2.98. The molecule has 10 heteroatoms. The van der Waals surface area contributed by atoms with E-state index < -0.39 is 18.0 Å². The van der Waals surface area contributed by atoms with Crippen molar-refractivity contribution in [3.8, 4) is 17.5 Å². The van der Waals surface area contributed by atoms with E-state index in [1.165, 1.54) is 14.2 Å². The molecule has 0 spiro atoms. The molecule has 1 saturated heterocycles. The van der Waals surface area contributed by atoms with Gasteiger partial charge >= 0.3 is 12.2 Å². The number of nitrogens with zero attached hydrogens (tertiary/aromatic N) is 3. The van der Waals surface area contributed by atoms with Gasteiger partial charge < -0.3 is 19.1 Å². The molecule has 1 aliphatic heterocycles. The smallest absolute Gasteiger partial charge is 0.433 e. The van der Waals surface area contributed by atoms with Crippen LogP contribution in [0.4, 0.5) is 13.2 Å². The summed E-state index contributed by atoms with van der Waals surface area (Å²) < 4.78 is 54.3. The lowest BCUT2D eigenvalue weighted by Crippen LogP contribution is -2.44. The average molecular weight is 411 g/mol. The number of ether oxygens (including phenoxy) is 3. The number of carbonyl (C=O) groups excluding carboxylic acids is 1. The molecule has 29 heavy (non-hydrogen) atoms. The molecule has 7 nitrogen and oxygen atoms in total. The highest BCUT2D eigenvalue weighted by Gasteiger charge is 2.33. The maximum absolute atomic E-state index is 12.9. The van der Waals surface area contributed by atoms with E-state index in [2.05, 4.69) is 9.97 Å². The first-order chi connectivity index (χ1) is 13.8. The van der Waals surface area contributed by atoms with Gasteiger partial charge in [-0.25, -0.2) is 4.98 Å². The van der Waals surface area contributed by atoms with Crippen LogP contribution in [0.3, 0.4) is 0 Å². The third-order valence-electron chi connectivity index (χ3n) is 4.46. The number of piperidine rings is 1. The van der Waals surface area contributed by atoms with Crippen molar-refractivity contribution in [3.63, 3.8) is 0 Å². The minimum atomic E-state index is -4.58. The van der Waals surface area contributed by atoms with Gasteiger partial charge in [-0.15, -0.1) is 0 Å². The summed E-state index contributed by atoms with van der Waals surface area (Å²) in [6, 6.07) is 5.28. The largest absolute Gasteiger partial charge is 0.497 e. The molecule has 0 aliphatic carbocycles. The molecule has 0 radical (unpaired) electrons. The number of aromatic nitrogens is 2. The predicted molar refractivity (Wildman–Crippen MR) is 96.1 cm³/mol. The lowest BCUT2D eigenvalue weighted by atomic mass is 10.1. The number of likely N-dealkylation sites (tertiary alicyclic amines) is 1. The van der Waals surface area contributed by atoms with Crippen LogP contribution >= 0.6 is 0 Å². The van der Waals surface area contributed by atoms with Crippen molar-refractivity contribution in [1.82, 2.24) is 14.9 Å². The quantitative estimate of drug-likeness (QED) is 0.752. The molecule has 1 unspecified atom stereocenters. The standard InChI is InChI=1S/C19H20F3N3O4/c1-27-14-8-12(9-15(10-14)28-2)17(26)25-7-3-4-13(11-25)29-18-23-6-5-16(24-18)19(20,21)22/h5-6,8-10,13H,3-4,7,11H2,1-2H3. The zero-order valence-corrected chi connectivity index (χ0v) is 15.9. The highest BCUT2D eigenvalue weighted by Crippen LogP contribution is 2.29. The normalized spacial score (nSPS) is 17.0. The second-order valence-electron chi connectivity index (χ2n) is 6.46. The number of rotatable bonds is 5. The van der Waals surface area contributed by atoms with E-state index in [9.17, 15) is 18.0 Å². The van der Waals surface area contributed by atoms with Gasteiger partial charge in [0.2, 0.25) is 0 Å². The molecule has 2 heterocycles. The molecule has 1 aliphatic rings. The first kappa shape index (κ1) is 20.7. The first-order valence-corrected chi connectivity index (χ1v) is 8.89. The van der Waals surface area contributed by atoms with E-state index in [4.69, 9.17) is 14.2 Å². The predicted octanol–water partition coefficient (Wildman–Crippen LogP) is 3.20. The minimum Gasteiger partial charge on any atom is -0.497 e. The maximum Gasteiger partial charge on any atom is 0.433 e. The van der Waals surface area contributed by atoms with E-state index in [1.54, 1.807) is 23.1 Å². The van der Waals surface area contributed by atoms with E-state index in [-0.39, 0.29) is 18.5 Å². The molecule has 2 aromatic rings. The summed E-state index contributed by atoms with van der Waals surface area (Å²) in [5, 5.41) is 0. The summed E-state index contributed by atoms with van der Waals surface area (Å²) in [6.07, 6.45) is -2.88. The third kappa shape index (κ3) is 5.07. The molecule has 156 valence electrons. The zero-order chi connectivity index (χ0) is 21.0. The molecule has 3 rings (SSSR count). The fourth-order valence-electron chi connectivity index (χ4n) is 3.04. The monoisotopic (exact) mass is 411 g/mol. The molecular formula is C19H20F3N3O4. The van der Waals surface area contributed by atoms with Crippen LogP contribution in [-0.4, -0.2) is 54.2 Å². The van der Waals surface area contributed by atoms with Crippen LogP contribution in [0.1, 0.15) is 28.9 Å². The highest BCUT2D eigenvalue weighted by molar-refractivity contribution is 5.95. The van der Waals surface area contributed by atoms with Gasteiger partial charge in [-0.2, -0.15) is 18.2 Å². The highest BCUT2D eigenvalue weighted by atomic mass is 19.4. The van der Waals surface area contributed by atoms with Crippen molar-refractivity contribution in [2.45, 2.75) is 25.1 Å². The molecular weight excluding hydrogens is 391 g/mol. The summed E-state index contributed by atoms with van der Waals surface area (Å²) in [5.41, 5.74) is -0.688. The Kier molecular flexibility index (Phi) is 6.09. The van der Waals surface area contributed by atoms with E-state index in [1.807, 2.05) is 0 Å². The van der Waals surface area contributed by atoms with Crippen molar-refractivity contribution in [2.24, 2.45) is 0 Å². The van der Waals surface area contributed by atoms with E-state index >= 15 is 0 Å². The van der Waals surface area contributed by atoms with Crippen LogP contribution in [0.2, 0.25) is 0 Å². The summed E-state index contributed by atoms with van der Waals surface area (Å²) in [6.45, 7) is 0.708. The number of alkyl halides is 3. The Hall–Kier alpha value is -3.04. The van der Waals surface area contributed by atoms with Crippen molar-refractivity contribution >= 4 is 5.91 Å². The number of benzene rings is 1. The van der Waals surface area contributed by atoms with Crippen LogP contribution < -0.4 is 14.2 Å². The van der Waals surface area contributed by atoms with Crippen molar-refractivity contribution < 1.29 is 32.2 Å². The minimum absolute atomic E-state index is 0.206. The fourth-order valence-corrected chi connectivity index (χ4v) is 3.04. The van der Waals surface area contributed by atoms with Crippen LogP contribution in [-0.2, 0) is 6.18 Å². The van der Waals surface area contributed by atoms with Gasteiger partial charge in [0, 0.05) is 24.4 Å². The van der Waals surface area contributed by atoms with Crippen molar-refractivity contribution in [1.29, 1.82) is 0 Å². The summed E-state index contributed by atoms with van der Waals surface area (Å²) in [4.78, 5) is 21.6. The van der Waals surface area contributed by atoms with Gasteiger partial charge in [-0.3, -0.25) is 4.79 Å². The second kappa shape index (κ2) is 8.54. The molecule has 1 amide bonds. The number of hydrogen-bond acceptors (Lipinski definition) is 6. The molecule has 1 aromatic heterocycles. The Morgan fingerprint density at radius 2 is 1.86 bits per heavy atom. The third-order valence-corrected chi connectivity index (χ3v) is 4.46. The molecule has 0 bridgehead atoms. The van der Waals surface area contributed by atoms with Crippen LogP contribution in [0.25, 0.3) is 0 Å². The van der Waals surface area contributed by atoms with Crippen LogP contribution in [0.5, 0.6) is 17.5 Å². The Bertz CT molecular complexity index is 854. The molecule has 1 fully saturated rings. The number of amides is 1. The van der Waals surface area contributed by atoms with Gasteiger partial charge in [-0.05, 0) is 31.0 Å². The SMILES string of the molecule is COc1cc(OC)cc(C(=O)N2CCCC(Oc3nccc(C(F)(F)F)n3)C2)c1. The lowest BCUT2D eigenvalue weighted by Gasteiger charge is -2.32. The Morgan fingerprint density at radius 3 is 2.48 bits per heavy atom. The Balaban J connectivity index is 1.72. The topological polar surface area (TPSA) is 73.8 Å². The van der Waals surface area contributed by atoms with Gasteiger partial charge in [0.25, 0.3) is 5.91 Å². The van der Waals surface area contributed by atoms with Gasteiger partial charge in [0.05, 0.1) is 20.8 Å². The van der Waals surface area contributed by atoms with Crippen LogP contribution in [0, 0.1) is 0 Å². The first-order valence-electron chi connectivity index (χ1n) is 8.89. The van der Waals surface area contributed by atoms with E-state index in [0.29, 0.717) is 36.4 Å².